The zero-order valence-electron chi connectivity index (χ0n) is 10.3. The molecule has 1 aromatic rings. The first kappa shape index (κ1) is 13.5. The zero-order valence-corrected chi connectivity index (χ0v) is 10.3. The van der Waals surface area contributed by atoms with Crippen molar-refractivity contribution in [2.45, 2.75) is 19.4 Å². The Morgan fingerprint density at radius 3 is 2.65 bits per heavy atom. The highest BCUT2D eigenvalue weighted by molar-refractivity contribution is 5.75. The van der Waals surface area contributed by atoms with E-state index in [0.717, 1.165) is 5.75 Å². The number of carbonyl (C=O) groups excluding carboxylic acids is 1. The molecule has 0 amide bonds. The second-order valence-corrected chi connectivity index (χ2v) is 3.60. The van der Waals surface area contributed by atoms with Gasteiger partial charge in [0, 0.05) is 6.54 Å². The predicted octanol–water partition coefficient (Wildman–Crippen LogP) is 1.61. The standard InChI is InChI=1S/C13H19NO3/c1-3-12(13(15)16-2)14-9-10-17-11-7-5-4-6-8-11/h4-8,12,14H,3,9-10H2,1-2H3. The number of nitrogens with one attached hydrogen (secondary N) is 1. The van der Waals surface area contributed by atoms with Crippen LogP contribution < -0.4 is 10.1 Å². The van der Waals surface area contributed by atoms with Crippen molar-refractivity contribution in [2.75, 3.05) is 20.3 Å². The van der Waals surface area contributed by atoms with Gasteiger partial charge in [0.05, 0.1) is 7.11 Å². The molecule has 0 bridgehead atoms. The van der Waals surface area contributed by atoms with Gasteiger partial charge in [0.1, 0.15) is 18.4 Å². The van der Waals surface area contributed by atoms with E-state index in [1.54, 1.807) is 0 Å². The minimum absolute atomic E-state index is 0.229. The summed E-state index contributed by atoms with van der Waals surface area (Å²) >= 11 is 0. The van der Waals surface area contributed by atoms with Gasteiger partial charge in [-0.1, -0.05) is 25.1 Å². The molecular formula is C13H19NO3. The lowest BCUT2D eigenvalue weighted by atomic mass is 10.2. The van der Waals surface area contributed by atoms with Crippen LogP contribution in [0, 0.1) is 0 Å². The second kappa shape index (κ2) is 7.68. The minimum atomic E-state index is -0.251. The van der Waals surface area contributed by atoms with Crippen LogP contribution in [0.3, 0.4) is 0 Å². The number of hydrogen-bond acceptors (Lipinski definition) is 4. The number of para-hydroxylation sites is 1. The zero-order chi connectivity index (χ0) is 12.5. The van der Waals surface area contributed by atoms with Crippen molar-refractivity contribution in [3.63, 3.8) is 0 Å². The third kappa shape index (κ3) is 4.87. The lowest BCUT2D eigenvalue weighted by Crippen LogP contribution is -2.39. The summed E-state index contributed by atoms with van der Waals surface area (Å²) in [6.07, 6.45) is 0.706. The molecule has 1 atom stereocenters. The third-order valence-electron chi connectivity index (χ3n) is 2.40. The van der Waals surface area contributed by atoms with Gasteiger partial charge in [-0.15, -0.1) is 0 Å². The van der Waals surface area contributed by atoms with E-state index in [-0.39, 0.29) is 12.0 Å². The van der Waals surface area contributed by atoms with Crippen LogP contribution in [0.25, 0.3) is 0 Å². The van der Waals surface area contributed by atoms with Crippen LogP contribution in [-0.2, 0) is 9.53 Å². The monoisotopic (exact) mass is 237 g/mol. The summed E-state index contributed by atoms with van der Waals surface area (Å²) < 4.78 is 10.2. The van der Waals surface area contributed by atoms with Gasteiger partial charge in [-0.05, 0) is 18.6 Å². The molecule has 0 aliphatic rings. The Hall–Kier alpha value is -1.55. The molecule has 17 heavy (non-hydrogen) atoms. The highest BCUT2D eigenvalue weighted by Crippen LogP contribution is 2.07. The number of hydrogen-bond donors (Lipinski definition) is 1. The summed E-state index contributed by atoms with van der Waals surface area (Å²) in [5.41, 5.74) is 0. The highest BCUT2D eigenvalue weighted by atomic mass is 16.5. The highest BCUT2D eigenvalue weighted by Gasteiger charge is 2.15. The van der Waals surface area contributed by atoms with Gasteiger partial charge < -0.3 is 14.8 Å². The van der Waals surface area contributed by atoms with Crippen LogP contribution in [0.1, 0.15) is 13.3 Å². The molecule has 0 fully saturated rings. The Balaban J connectivity index is 2.21. The fourth-order valence-electron chi connectivity index (χ4n) is 1.46. The van der Waals surface area contributed by atoms with Crippen LogP contribution >= 0.6 is 0 Å². The maximum atomic E-state index is 11.3. The molecule has 4 heteroatoms. The van der Waals surface area contributed by atoms with Crippen LogP contribution in [0.15, 0.2) is 30.3 Å². The van der Waals surface area contributed by atoms with Crippen molar-refractivity contribution in [1.29, 1.82) is 0 Å². The molecular weight excluding hydrogens is 218 g/mol. The van der Waals surface area contributed by atoms with Crippen molar-refractivity contribution in [3.05, 3.63) is 30.3 Å². The summed E-state index contributed by atoms with van der Waals surface area (Å²) in [7, 11) is 1.40. The maximum absolute atomic E-state index is 11.3. The molecule has 1 N–H and O–H groups in total. The fourth-order valence-corrected chi connectivity index (χ4v) is 1.46. The molecule has 1 rings (SSSR count). The van der Waals surface area contributed by atoms with E-state index in [0.29, 0.717) is 19.6 Å². The number of ether oxygens (including phenoxy) is 2. The van der Waals surface area contributed by atoms with Crippen molar-refractivity contribution < 1.29 is 14.3 Å². The average molecular weight is 237 g/mol. The smallest absolute Gasteiger partial charge is 0.322 e. The maximum Gasteiger partial charge on any atom is 0.322 e. The minimum Gasteiger partial charge on any atom is -0.492 e. The molecule has 1 aromatic carbocycles. The largest absolute Gasteiger partial charge is 0.492 e. The summed E-state index contributed by atoms with van der Waals surface area (Å²) in [4.78, 5) is 11.3. The summed E-state index contributed by atoms with van der Waals surface area (Å²) in [5.74, 6) is 0.604. The van der Waals surface area contributed by atoms with Gasteiger partial charge in [-0.2, -0.15) is 0 Å². The molecule has 0 saturated heterocycles. The van der Waals surface area contributed by atoms with Crippen molar-refractivity contribution in [3.8, 4) is 5.75 Å². The molecule has 1 unspecified atom stereocenters. The van der Waals surface area contributed by atoms with E-state index in [9.17, 15) is 4.79 Å². The lowest BCUT2D eigenvalue weighted by Gasteiger charge is -2.14. The number of methoxy groups -OCH3 is 1. The van der Waals surface area contributed by atoms with Gasteiger partial charge in [0.25, 0.3) is 0 Å². The number of carbonyl (C=O) groups is 1. The summed E-state index contributed by atoms with van der Waals surface area (Å²) in [5, 5.41) is 3.09. The first-order valence-corrected chi connectivity index (χ1v) is 5.77. The topological polar surface area (TPSA) is 47.6 Å². The van der Waals surface area contributed by atoms with E-state index < -0.39 is 0 Å². The Kier molecular flexibility index (Phi) is 6.10. The first-order valence-electron chi connectivity index (χ1n) is 5.77. The lowest BCUT2D eigenvalue weighted by molar-refractivity contribution is -0.143. The Morgan fingerprint density at radius 2 is 2.06 bits per heavy atom. The molecule has 0 aromatic heterocycles. The van der Waals surface area contributed by atoms with Crippen LogP contribution in [0.5, 0.6) is 5.75 Å². The first-order chi connectivity index (χ1) is 8.27. The Labute approximate surface area is 102 Å². The van der Waals surface area contributed by atoms with Gasteiger partial charge in [-0.25, -0.2) is 0 Å². The van der Waals surface area contributed by atoms with Crippen molar-refractivity contribution >= 4 is 5.97 Å². The fraction of sp³-hybridized carbons (Fsp3) is 0.462. The number of rotatable bonds is 7. The predicted molar refractivity (Wildman–Crippen MR) is 66.0 cm³/mol. The van der Waals surface area contributed by atoms with Crippen molar-refractivity contribution in [2.24, 2.45) is 0 Å². The molecule has 0 spiro atoms. The summed E-state index contributed by atoms with van der Waals surface area (Å²) in [6.45, 7) is 3.08. The molecule has 0 saturated carbocycles. The van der Waals surface area contributed by atoms with E-state index in [2.05, 4.69) is 10.1 Å². The quantitative estimate of drug-likeness (QED) is 0.578. The van der Waals surface area contributed by atoms with Gasteiger partial charge in [0.15, 0.2) is 0 Å². The Bertz CT molecular complexity index is 327. The van der Waals surface area contributed by atoms with Crippen LogP contribution in [0.4, 0.5) is 0 Å². The van der Waals surface area contributed by atoms with E-state index in [1.165, 1.54) is 7.11 Å². The normalized spacial score (nSPS) is 11.9. The number of benzene rings is 1. The molecule has 0 radical (unpaired) electrons. The van der Waals surface area contributed by atoms with Gasteiger partial charge >= 0.3 is 5.97 Å². The van der Waals surface area contributed by atoms with Gasteiger partial charge in [0.2, 0.25) is 0 Å². The Morgan fingerprint density at radius 1 is 1.35 bits per heavy atom. The van der Waals surface area contributed by atoms with Crippen LogP contribution in [-0.4, -0.2) is 32.3 Å². The molecule has 4 nitrogen and oxygen atoms in total. The molecule has 0 aliphatic carbocycles. The molecule has 0 heterocycles. The number of esters is 1. The average Bonchev–Trinajstić information content (AvgIpc) is 2.39. The second-order valence-electron chi connectivity index (χ2n) is 3.60. The third-order valence-corrected chi connectivity index (χ3v) is 2.40. The summed E-state index contributed by atoms with van der Waals surface area (Å²) in [6, 6.07) is 9.34. The van der Waals surface area contributed by atoms with E-state index >= 15 is 0 Å². The van der Waals surface area contributed by atoms with E-state index in [4.69, 9.17) is 4.74 Å². The molecule has 0 aliphatic heterocycles. The van der Waals surface area contributed by atoms with E-state index in [1.807, 2.05) is 37.3 Å². The van der Waals surface area contributed by atoms with Gasteiger partial charge in [-0.3, -0.25) is 4.79 Å². The van der Waals surface area contributed by atoms with Crippen molar-refractivity contribution in [1.82, 2.24) is 5.32 Å². The SMILES string of the molecule is CCC(NCCOc1ccccc1)C(=O)OC. The van der Waals surface area contributed by atoms with Crippen LogP contribution in [0.2, 0.25) is 0 Å². The molecule has 94 valence electrons.